The molecule has 1 saturated carbocycles. The van der Waals surface area contributed by atoms with Gasteiger partial charge in [-0.3, -0.25) is 0 Å². The smallest absolute Gasteiger partial charge is 0.335 e. The SMILES string of the molecule is CN(C)C[C@@H]1CC/C(=C/c2cccc(C(=O)O)c2)C[C@H]1c1ccccc1. The standard InChI is InChI=1S/C23H27NO2/c1-24(2)16-21-12-11-18(15-22(21)19-8-4-3-5-9-19)13-17-7-6-10-20(14-17)23(25)26/h3-10,13-14,21-22H,11-12,15-16H2,1-2H3,(H,25,26)/b18-13-/t21-,22-/m0/s1. The molecule has 0 aromatic heterocycles. The molecule has 1 aliphatic rings. The third-order valence-electron chi connectivity index (χ3n) is 5.22. The van der Waals surface area contributed by atoms with E-state index in [1.165, 1.54) is 17.6 Å². The van der Waals surface area contributed by atoms with Gasteiger partial charge in [-0.05, 0) is 68.5 Å². The Morgan fingerprint density at radius 3 is 2.62 bits per heavy atom. The highest BCUT2D eigenvalue weighted by Crippen LogP contribution is 2.41. The monoisotopic (exact) mass is 349 g/mol. The Balaban J connectivity index is 1.85. The molecule has 1 N–H and O–H groups in total. The van der Waals surface area contributed by atoms with Crippen molar-refractivity contribution in [2.45, 2.75) is 25.2 Å². The first kappa shape index (κ1) is 18.4. The van der Waals surface area contributed by atoms with Crippen molar-refractivity contribution in [3.05, 3.63) is 76.9 Å². The van der Waals surface area contributed by atoms with E-state index in [0.717, 1.165) is 24.9 Å². The average Bonchev–Trinajstić information content (AvgIpc) is 2.63. The predicted molar refractivity (Wildman–Crippen MR) is 106 cm³/mol. The second-order valence-corrected chi connectivity index (χ2v) is 7.52. The molecule has 2 atom stereocenters. The number of nitrogens with zero attached hydrogens (tertiary/aromatic N) is 1. The Morgan fingerprint density at radius 1 is 1.15 bits per heavy atom. The van der Waals surface area contributed by atoms with Gasteiger partial charge in [0.15, 0.2) is 0 Å². The van der Waals surface area contributed by atoms with Crippen LogP contribution in [-0.2, 0) is 0 Å². The minimum absolute atomic E-state index is 0.347. The summed E-state index contributed by atoms with van der Waals surface area (Å²) in [5.41, 5.74) is 4.15. The van der Waals surface area contributed by atoms with E-state index in [2.05, 4.69) is 55.4 Å². The summed E-state index contributed by atoms with van der Waals surface area (Å²) in [6.07, 6.45) is 5.48. The van der Waals surface area contributed by atoms with Crippen LogP contribution in [0, 0.1) is 5.92 Å². The van der Waals surface area contributed by atoms with E-state index in [0.29, 0.717) is 17.4 Å². The van der Waals surface area contributed by atoms with Gasteiger partial charge in [-0.25, -0.2) is 4.79 Å². The van der Waals surface area contributed by atoms with Crippen molar-refractivity contribution in [2.75, 3.05) is 20.6 Å². The molecule has 26 heavy (non-hydrogen) atoms. The van der Waals surface area contributed by atoms with Crippen LogP contribution in [0.2, 0.25) is 0 Å². The predicted octanol–water partition coefficient (Wildman–Crippen LogP) is 4.91. The Morgan fingerprint density at radius 2 is 1.92 bits per heavy atom. The zero-order chi connectivity index (χ0) is 18.5. The highest BCUT2D eigenvalue weighted by Gasteiger charge is 2.29. The van der Waals surface area contributed by atoms with Gasteiger partial charge >= 0.3 is 5.97 Å². The summed E-state index contributed by atoms with van der Waals surface area (Å²) in [7, 11) is 4.29. The summed E-state index contributed by atoms with van der Waals surface area (Å²) in [6.45, 7) is 1.10. The van der Waals surface area contributed by atoms with Crippen LogP contribution in [0.5, 0.6) is 0 Å². The zero-order valence-electron chi connectivity index (χ0n) is 15.6. The number of carbonyl (C=O) groups is 1. The van der Waals surface area contributed by atoms with Gasteiger partial charge in [0.05, 0.1) is 5.56 Å². The van der Waals surface area contributed by atoms with Crippen molar-refractivity contribution in [2.24, 2.45) is 5.92 Å². The number of carboxylic acid groups (broad SMARTS) is 1. The molecule has 0 amide bonds. The zero-order valence-corrected chi connectivity index (χ0v) is 15.6. The Labute approximate surface area is 156 Å². The number of aromatic carboxylic acids is 1. The largest absolute Gasteiger partial charge is 0.478 e. The Hall–Kier alpha value is -2.39. The lowest BCUT2D eigenvalue weighted by atomic mass is 9.73. The van der Waals surface area contributed by atoms with Crippen LogP contribution in [0.25, 0.3) is 6.08 Å². The number of hydrogen-bond donors (Lipinski definition) is 1. The number of rotatable bonds is 5. The molecule has 0 bridgehead atoms. The van der Waals surface area contributed by atoms with E-state index in [9.17, 15) is 9.90 Å². The summed E-state index contributed by atoms with van der Waals surface area (Å²) in [5, 5.41) is 9.20. The van der Waals surface area contributed by atoms with Crippen LogP contribution in [0.15, 0.2) is 60.2 Å². The molecule has 0 saturated heterocycles. The molecule has 3 nitrogen and oxygen atoms in total. The fraction of sp³-hybridized carbons (Fsp3) is 0.348. The minimum Gasteiger partial charge on any atom is -0.478 e. The molecular formula is C23H27NO2. The van der Waals surface area contributed by atoms with E-state index < -0.39 is 5.97 Å². The van der Waals surface area contributed by atoms with Crippen molar-refractivity contribution in [1.29, 1.82) is 0 Å². The third-order valence-corrected chi connectivity index (χ3v) is 5.22. The van der Waals surface area contributed by atoms with Gasteiger partial charge in [0.1, 0.15) is 0 Å². The van der Waals surface area contributed by atoms with E-state index >= 15 is 0 Å². The lowest BCUT2D eigenvalue weighted by Crippen LogP contribution is -2.29. The van der Waals surface area contributed by atoms with Gasteiger partial charge in [-0.1, -0.05) is 54.1 Å². The molecule has 2 aromatic rings. The fourth-order valence-corrected chi connectivity index (χ4v) is 4.03. The molecule has 0 heterocycles. The van der Waals surface area contributed by atoms with Crippen molar-refractivity contribution in [3.63, 3.8) is 0 Å². The van der Waals surface area contributed by atoms with Crippen LogP contribution in [0.4, 0.5) is 0 Å². The van der Waals surface area contributed by atoms with Crippen LogP contribution >= 0.6 is 0 Å². The Bertz CT molecular complexity index is 780. The van der Waals surface area contributed by atoms with E-state index in [1.54, 1.807) is 12.1 Å². The van der Waals surface area contributed by atoms with Crippen molar-refractivity contribution in [1.82, 2.24) is 4.90 Å². The highest BCUT2D eigenvalue weighted by molar-refractivity contribution is 5.88. The van der Waals surface area contributed by atoms with E-state index in [1.807, 2.05) is 12.1 Å². The lowest BCUT2D eigenvalue weighted by Gasteiger charge is -2.35. The van der Waals surface area contributed by atoms with Gasteiger partial charge in [-0.15, -0.1) is 0 Å². The molecular weight excluding hydrogens is 322 g/mol. The maximum Gasteiger partial charge on any atom is 0.335 e. The number of carboxylic acids is 1. The summed E-state index contributed by atoms with van der Waals surface area (Å²) in [5.74, 6) is 0.290. The van der Waals surface area contributed by atoms with Crippen LogP contribution < -0.4 is 0 Å². The summed E-state index contributed by atoms with van der Waals surface area (Å²) in [4.78, 5) is 13.5. The number of hydrogen-bond acceptors (Lipinski definition) is 2. The molecule has 0 radical (unpaired) electrons. The lowest BCUT2D eigenvalue weighted by molar-refractivity contribution is 0.0697. The Kier molecular flexibility index (Phi) is 5.89. The molecule has 3 rings (SSSR count). The first-order chi connectivity index (χ1) is 12.5. The van der Waals surface area contributed by atoms with Crippen LogP contribution in [0.1, 0.15) is 46.7 Å². The maximum atomic E-state index is 11.2. The van der Waals surface area contributed by atoms with Crippen molar-refractivity contribution in [3.8, 4) is 0 Å². The van der Waals surface area contributed by atoms with Gasteiger partial charge < -0.3 is 10.0 Å². The summed E-state index contributed by atoms with van der Waals surface area (Å²) < 4.78 is 0. The molecule has 1 aliphatic carbocycles. The maximum absolute atomic E-state index is 11.2. The van der Waals surface area contributed by atoms with Crippen LogP contribution in [0.3, 0.4) is 0 Å². The summed E-state index contributed by atoms with van der Waals surface area (Å²) in [6, 6.07) is 18.0. The normalized spacial score (nSPS) is 21.9. The van der Waals surface area contributed by atoms with Crippen molar-refractivity contribution < 1.29 is 9.90 Å². The second kappa shape index (κ2) is 8.33. The summed E-state index contributed by atoms with van der Waals surface area (Å²) >= 11 is 0. The molecule has 0 spiro atoms. The van der Waals surface area contributed by atoms with Gasteiger partial charge in [-0.2, -0.15) is 0 Å². The highest BCUT2D eigenvalue weighted by atomic mass is 16.4. The molecule has 3 heteroatoms. The number of allylic oxidation sites excluding steroid dienone is 1. The second-order valence-electron chi connectivity index (χ2n) is 7.52. The first-order valence-electron chi connectivity index (χ1n) is 9.25. The average molecular weight is 349 g/mol. The van der Waals surface area contributed by atoms with E-state index in [4.69, 9.17) is 0 Å². The molecule has 1 fully saturated rings. The molecule has 0 unspecified atom stereocenters. The van der Waals surface area contributed by atoms with E-state index in [-0.39, 0.29) is 0 Å². The topological polar surface area (TPSA) is 40.5 Å². The van der Waals surface area contributed by atoms with Gasteiger partial charge in [0, 0.05) is 6.54 Å². The van der Waals surface area contributed by atoms with Gasteiger partial charge in [0.2, 0.25) is 0 Å². The van der Waals surface area contributed by atoms with Gasteiger partial charge in [0.25, 0.3) is 0 Å². The number of benzene rings is 2. The molecule has 2 aromatic carbocycles. The third kappa shape index (κ3) is 4.61. The quantitative estimate of drug-likeness (QED) is 0.833. The van der Waals surface area contributed by atoms with Crippen LogP contribution in [-0.4, -0.2) is 36.6 Å². The first-order valence-corrected chi connectivity index (χ1v) is 9.25. The minimum atomic E-state index is -0.873. The van der Waals surface area contributed by atoms with Crippen molar-refractivity contribution >= 4 is 12.0 Å². The fourth-order valence-electron chi connectivity index (χ4n) is 4.03. The molecule has 136 valence electrons. The molecule has 0 aliphatic heterocycles.